The average Bonchev–Trinajstić information content (AvgIpc) is 2.97. The Bertz CT molecular complexity index is 1000. The number of rotatable bonds is 11. The molecule has 0 saturated carbocycles. The lowest BCUT2D eigenvalue weighted by molar-refractivity contribution is -0.147. The SMILES string of the molecule is CC[C@H](C)[C@@H]1NC(=O)[C@@H](Cc2ccc(OC)cc2)NC(=O)[C@H](CCCCCCN)NC(=O)[C@@H]2CCCCN2C1=O. The molecule has 4 amide bonds. The van der Waals surface area contributed by atoms with Crippen molar-refractivity contribution in [2.75, 3.05) is 20.2 Å². The van der Waals surface area contributed by atoms with Gasteiger partial charge in [-0.15, -0.1) is 0 Å². The number of carbonyl (C=O) groups excluding carboxylic acids is 4. The van der Waals surface area contributed by atoms with Crippen LogP contribution in [0.2, 0.25) is 0 Å². The maximum Gasteiger partial charge on any atom is 0.246 e. The van der Waals surface area contributed by atoms with Crippen molar-refractivity contribution in [3.63, 3.8) is 0 Å². The largest absolute Gasteiger partial charge is 0.497 e. The van der Waals surface area contributed by atoms with Gasteiger partial charge < -0.3 is 31.3 Å². The predicted molar refractivity (Wildman–Crippen MR) is 153 cm³/mol. The summed E-state index contributed by atoms with van der Waals surface area (Å²) in [5, 5.41) is 8.82. The Morgan fingerprint density at radius 2 is 1.60 bits per heavy atom. The van der Waals surface area contributed by atoms with E-state index in [-0.39, 0.29) is 24.2 Å². The van der Waals surface area contributed by atoms with Crippen LogP contribution in [-0.4, -0.2) is 72.9 Å². The van der Waals surface area contributed by atoms with E-state index in [1.165, 1.54) is 0 Å². The van der Waals surface area contributed by atoms with E-state index in [4.69, 9.17) is 10.5 Å². The van der Waals surface area contributed by atoms with E-state index < -0.39 is 36.0 Å². The Balaban J connectivity index is 1.93. The number of hydrogen-bond donors (Lipinski definition) is 4. The Labute approximate surface area is 238 Å². The highest BCUT2D eigenvalue weighted by Crippen LogP contribution is 2.22. The molecular weight excluding hydrogens is 510 g/mol. The van der Waals surface area contributed by atoms with Gasteiger partial charge in [0.1, 0.15) is 29.9 Å². The Morgan fingerprint density at radius 3 is 2.27 bits per heavy atom. The second-order valence-corrected chi connectivity index (χ2v) is 11.1. The molecule has 10 heteroatoms. The third kappa shape index (κ3) is 8.43. The van der Waals surface area contributed by atoms with Gasteiger partial charge in [-0.1, -0.05) is 51.7 Å². The first-order chi connectivity index (χ1) is 19.3. The van der Waals surface area contributed by atoms with Crippen LogP contribution in [-0.2, 0) is 25.6 Å². The van der Waals surface area contributed by atoms with Gasteiger partial charge in [-0.3, -0.25) is 19.2 Å². The number of methoxy groups -OCH3 is 1. The number of piperidine rings is 1. The summed E-state index contributed by atoms with van der Waals surface area (Å²) in [7, 11) is 1.58. The highest BCUT2D eigenvalue weighted by molar-refractivity contribution is 5.97. The van der Waals surface area contributed by atoms with Crippen molar-refractivity contribution in [3.05, 3.63) is 29.8 Å². The lowest BCUT2D eigenvalue weighted by Gasteiger charge is -2.39. The van der Waals surface area contributed by atoms with E-state index >= 15 is 0 Å². The molecule has 2 aliphatic rings. The van der Waals surface area contributed by atoms with E-state index in [0.717, 1.165) is 44.1 Å². The van der Waals surface area contributed by atoms with E-state index in [0.29, 0.717) is 38.1 Å². The zero-order valence-electron chi connectivity index (χ0n) is 24.2. The van der Waals surface area contributed by atoms with Gasteiger partial charge >= 0.3 is 0 Å². The number of hydrogen-bond acceptors (Lipinski definition) is 6. The van der Waals surface area contributed by atoms with Crippen LogP contribution in [0.15, 0.2) is 24.3 Å². The van der Waals surface area contributed by atoms with Crippen LogP contribution in [0.25, 0.3) is 0 Å². The minimum Gasteiger partial charge on any atom is -0.497 e. The van der Waals surface area contributed by atoms with E-state index in [2.05, 4.69) is 16.0 Å². The van der Waals surface area contributed by atoms with E-state index in [1.807, 2.05) is 26.0 Å². The standard InChI is InChI=1S/C30H47N5O5/c1-4-20(2)26-30(39)35-18-10-8-12-25(35)29(38)32-23(11-7-5-6-9-17-31)27(36)33-24(28(37)34-26)19-21-13-15-22(40-3)16-14-21/h13-16,20,23-26H,4-12,17-19,31H2,1-3H3,(H,32,38)(H,33,36)(H,34,37)/t20-,23-,24+,25-,26-/m0/s1. The first-order valence-electron chi connectivity index (χ1n) is 14.8. The molecule has 10 nitrogen and oxygen atoms in total. The number of nitrogens with zero attached hydrogens (tertiary/aromatic N) is 1. The molecule has 2 saturated heterocycles. The van der Waals surface area contributed by atoms with Gasteiger partial charge in [0.15, 0.2) is 0 Å². The minimum absolute atomic E-state index is 0.149. The number of fused-ring (bicyclic) bond motifs is 1. The highest BCUT2D eigenvalue weighted by Gasteiger charge is 2.40. The van der Waals surface area contributed by atoms with Crippen molar-refractivity contribution in [1.29, 1.82) is 0 Å². The molecule has 1 aromatic rings. The molecule has 5 atom stereocenters. The molecule has 0 spiro atoms. The second-order valence-electron chi connectivity index (χ2n) is 11.1. The zero-order valence-corrected chi connectivity index (χ0v) is 24.2. The predicted octanol–water partition coefficient (Wildman–Crippen LogP) is 2.04. The van der Waals surface area contributed by atoms with Gasteiger partial charge in [0.25, 0.3) is 0 Å². The smallest absolute Gasteiger partial charge is 0.246 e. The summed E-state index contributed by atoms with van der Waals surface area (Å²) in [4.78, 5) is 56.4. The number of unbranched alkanes of at least 4 members (excludes halogenated alkanes) is 3. The van der Waals surface area contributed by atoms with Gasteiger partial charge in [-0.05, 0) is 62.3 Å². The molecule has 2 fully saturated rings. The first kappa shape index (κ1) is 31.4. The second kappa shape index (κ2) is 15.6. The molecule has 0 unspecified atom stereocenters. The molecule has 0 aliphatic carbocycles. The molecule has 0 radical (unpaired) electrons. The number of ether oxygens (including phenoxy) is 1. The van der Waals surface area contributed by atoms with Crippen molar-refractivity contribution in [2.45, 2.75) is 102 Å². The molecule has 2 aliphatic heterocycles. The summed E-state index contributed by atoms with van der Waals surface area (Å²) in [5.74, 6) is -0.816. The molecule has 40 heavy (non-hydrogen) atoms. The van der Waals surface area contributed by atoms with Gasteiger partial charge in [0, 0.05) is 13.0 Å². The lowest BCUT2D eigenvalue weighted by atomic mass is 9.93. The molecule has 222 valence electrons. The summed E-state index contributed by atoms with van der Waals surface area (Å²) in [6.45, 7) is 4.96. The van der Waals surface area contributed by atoms with Crippen molar-refractivity contribution < 1.29 is 23.9 Å². The Kier molecular flexibility index (Phi) is 12.2. The minimum atomic E-state index is -0.923. The number of nitrogens with one attached hydrogen (secondary N) is 3. The van der Waals surface area contributed by atoms with Crippen LogP contribution in [0.3, 0.4) is 0 Å². The van der Waals surface area contributed by atoms with Gasteiger partial charge in [0.05, 0.1) is 7.11 Å². The molecule has 0 bridgehead atoms. The van der Waals surface area contributed by atoms with Crippen molar-refractivity contribution in [1.82, 2.24) is 20.9 Å². The molecule has 5 N–H and O–H groups in total. The maximum atomic E-state index is 13.9. The molecule has 3 rings (SSSR count). The lowest BCUT2D eigenvalue weighted by Crippen LogP contribution is -2.64. The van der Waals surface area contributed by atoms with Crippen LogP contribution < -0.4 is 26.4 Å². The van der Waals surface area contributed by atoms with E-state index in [1.54, 1.807) is 24.1 Å². The van der Waals surface area contributed by atoms with Crippen LogP contribution in [0.5, 0.6) is 5.75 Å². The highest BCUT2D eigenvalue weighted by atomic mass is 16.5. The molecule has 2 heterocycles. The van der Waals surface area contributed by atoms with Crippen LogP contribution >= 0.6 is 0 Å². The van der Waals surface area contributed by atoms with Crippen molar-refractivity contribution >= 4 is 23.6 Å². The molecule has 1 aromatic carbocycles. The molecular formula is C30H47N5O5. The zero-order chi connectivity index (χ0) is 29.1. The number of benzene rings is 1. The average molecular weight is 558 g/mol. The Hall–Kier alpha value is -3.14. The fourth-order valence-corrected chi connectivity index (χ4v) is 5.45. The molecule has 0 aromatic heterocycles. The maximum absolute atomic E-state index is 13.9. The monoisotopic (exact) mass is 557 g/mol. The fourth-order valence-electron chi connectivity index (χ4n) is 5.45. The van der Waals surface area contributed by atoms with Crippen LogP contribution in [0, 0.1) is 5.92 Å². The third-order valence-electron chi connectivity index (χ3n) is 8.18. The third-order valence-corrected chi connectivity index (χ3v) is 8.18. The van der Waals surface area contributed by atoms with Crippen LogP contribution in [0.4, 0.5) is 0 Å². The summed E-state index contributed by atoms with van der Waals surface area (Å²) in [6.07, 6.45) is 6.96. The number of nitrogens with two attached hydrogens (primary N) is 1. The summed E-state index contributed by atoms with van der Waals surface area (Å²) < 4.78 is 5.25. The summed E-state index contributed by atoms with van der Waals surface area (Å²) in [6, 6.07) is 4.12. The summed E-state index contributed by atoms with van der Waals surface area (Å²) in [5.41, 5.74) is 6.44. The van der Waals surface area contributed by atoms with Crippen LogP contribution in [0.1, 0.15) is 77.2 Å². The summed E-state index contributed by atoms with van der Waals surface area (Å²) >= 11 is 0. The number of carbonyl (C=O) groups is 4. The van der Waals surface area contributed by atoms with E-state index in [9.17, 15) is 19.2 Å². The van der Waals surface area contributed by atoms with Gasteiger partial charge in [-0.25, -0.2) is 0 Å². The first-order valence-corrected chi connectivity index (χ1v) is 14.8. The van der Waals surface area contributed by atoms with Crippen molar-refractivity contribution in [2.24, 2.45) is 11.7 Å². The van der Waals surface area contributed by atoms with Gasteiger partial charge in [-0.2, -0.15) is 0 Å². The normalized spacial score (nSPS) is 25.1. The van der Waals surface area contributed by atoms with Crippen molar-refractivity contribution in [3.8, 4) is 5.75 Å². The quantitative estimate of drug-likeness (QED) is 0.307. The fraction of sp³-hybridized carbons (Fsp3) is 0.667. The topological polar surface area (TPSA) is 143 Å². The number of amides is 4. The van der Waals surface area contributed by atoms with Gasteiger partial charge in [0.2, 0.25) is 23.6 Å². The Morgan fingerprint density at radius 1 is 0.925 bits per heavy atom.